The van der Waals surface area contributed by atoms with Crippen LogP contribution in [0.5, 0.6) is 0 Å². The lowest BCUT2D eigenvalue weighted by Crippen LogP contribution is -2.18. The Hall–Kier alpha value is -1.31. The van der Waals surface area contributed by atoms with Gasteiger partial charge in [0.1, 0.15) is 0 Å². The third kappa shape index (κ3) is 3.87. The van der Waals surface area contributed by atoms with Gasteiger partial charge >= 0.3 is 0 Å². The van der Waals surface area contributed by atoms with E-state index in [9.17, 15) is 0 Å². The van der Waals surface area contributed by atoms with Gasteiger partial charge in [0.25, 0.3) is 0 Å². The second kappa shape index (κ2) is 6.21. The van der Waals surface area contributed by atoms with Crippen LogP contribution in [0.2, 0.25) is 5.02 Å². The summed E-state index contributed by atoms with van der Waals surface area (Å²) in [4.78, 5) is 0. The van der Waals surface area contributed by atoms with Gasteiger partial charge in [-0.2, -0.15) is 0 Å². The topological polar surface area (TPSA) is 12.0 Å². The number of hydrogen-bond acceptors (Lipinski definition) is 1. The Bertz CT molecular complexity index is 588. The van der Waals surface area contributed by atoms with Gasteiger partial charge in [0.2, 0.25) is 0 Å². The predicted octanol–water partition coefficient (Wildman–Crippen LogP) is 5.25. The summed E-state index contributed by atoms with van der Waals surface area (Å²) in [7, 11) is 1.98. The summed E-state index contributed by atoms with van der Waals surface area (Å²) >= 11 is 6.20. The van der Waals surface area contributed by atoms with Gasteiger partial charge < -0.3 is 5.32 Å². The van der Waals surface area contributed by atoms with Crippen LogP contribution in [0.15, 0.2) is 42.5 Å². The molecule has 0 saturated heterocycles. The molecule has 2 rings (SSSR count). The standard InChI is InChI=1S/C19H24ClN/c1-13-10-15(12-17(20)11-13)18(21-5)14-6-8-16(9-7-14)19(2,3)4/h6-12,18,21H,1-5H3. The summed E-state index contributed by atoms with van der Waals surface area (Å²) in [5.74, 6) is 0. The second-order valence-electron chi connectivity index (χ2n) is 6.66. The van der Waals surface area contributed by atoms with Crippen LogP contribution in [0.4, 0.5) is 0 Å². The number of benzene rings is 2. The summed E-state index contributed by atoms with van der Waals surface area (Å²) in [6.07, 6.45) is 0. The summed E-state index contributed by atoms with van der Waals surface area (Å²) < 4.78 is 0. The Kier molecular flexibility index (Phi) is 4.75. The molecule has 21 heavy (non-hydrogen) atoms. The zero-order chi connectivity index (χ0) is 15.6. The van der Waals surface area contributed by atoms with Gasteiger partial charge in [0.05, 0.1) is 6.04 Å². The van der Waals surface area contributed by atoms with Crippen LogP contribution in [0.3, 0.4) is 0 Å². The minimum absolute atomic E-state index is 0.163. The Morgan fingerprint density at radius 3 is 2.05 bits per heavy atom. The first kappa shape index (κ1) is 16.1. The van der Waals surface area contributed by atoms with Crippen molar-refractivity contribution in [3.63, 3.8) is 0 Å². The molecule has 0 aliphatic rings. The maximum Gasteiger partial charge on any atom is 0.0574 e. The number of hydrogen-bond donors (Lipinski definition) is 1. The predicted molar refractivity (Wildman–Crippen MR) is 92.2 cm³/mol. The maximum absolute atomic E-state index is 6.20. The van der Waals surface area contributed by atoms with Crippen LogP contribution in [0.1, 0.15) is 49.1 Å². The van der Waals surface area contributed by atoms with Crippen molar-refractivity contribution in [1.82, 2.24) is 5.32 Å². The van der Waals surface area contributed by atoms with E-state index in [1.807, 2.05) is 19.2 Å². The third-order valence-electron chi connectivity index (χ3n) is 3.80. The number of nitrogens with one attached hydrogen (secondary N) is 1. The summed E-state index contributed by atoms with van der Waals surface area (Å²) in [5.41, 5.74) is 5.17. The summed E-state index contributed by atoms with van der Waals surface area (Å²) in [6.45, 7) is 8.78. The van der Waals surface area contributed by atoms with Gasteiger partial charge in [0, 0.05) is 5.02 Å². The molecule has 0 aromatic heterocycles. The normalized spacial score (nSPS) is 13.2. The highest BCUT2D eigenvalue weighted by Gasteiger charge is 2.16. The largest absolute Gasteiger partial charge is 0.309 e. The second-order valence-corrected chi connectivity index (χ2v) is 7.09. The van der Waals surface area contributed by atoms with E-state index in [2.05, 4.69) is 63.3 Å². The Balaban J connectivity index is 2.37. The van der Waals surface area contributed by atoms with E-state index >= 15 is 0 Å². The molecule has 1 nitrogen and oxygen atoms in total. The van der Waals surface area contributed by atoms with E-state index in [0.717, 1.165) is 5.02 Å². The maximum atomic E-state index is 6.20. The molecule has 0 amide bonds. The molecule has 0 fully saturated rings. The molecule has 112 valence electrons. The Labute approximate surface area is 133 Å². The van der Waals surface area contributed by atoms with Crippen molar-refractivity contribution in [3.8, 4) is 0 Å². The van der Waals surface area contributed by atoms with Gasteiger partial charge in [-0.25, -0.2) is 0 Å². The summed E-state index contributed by atoms with van der Waals surface area (Å²) in [6, 6.07) is 15.2. The molecule has 0 heterocycles. The zero-order valence-corrected chi connectivity index (χ0v) is 14.3. The fourth-order valence-corrected chi connectivity index (χ4v) is 2.93. The average molecular weight is 302 g/mol. The molecule has 0 spiro atoms. The van der Waals surface area contributed by atoms with E-state index in [1.54, 1.807) is 0 Å². The molecule has 1 atom stereocenters. The lowest BCUT2D eigenvalue weighted by Gasteiger charge is -2.22. The van der Waals surface area contributed by atoms with Crippen molar-refractivity contribution >= 4 is 11.6 Å². The molecule has 0 aliphatic carbocycles. The van der Waals surface area contributed by atoms with Crippen molar-refractivity contribution in [2.45, 2.75) is 39.2 Å². The minimum atomic E-state index is 0.163. The number of rotatable bonds is 3. The van der Waals surface area contributed by atoms with E-state index < -0.39 is 0 Å². The van der Waals surface area contributed by atoms with Crippen molar-refractivity contribution in [2.75, 3.05) is 7.05 Å². The lowest BCUT2D eigenvalue weighted by atomic mass is 9.85. The van der Waals surface area contributed by atoms with Crippen molar-refractivity contribution < 1.29 is 0 Å². The molecular formula is C19H24ClN. The van der Waals surface area contributed by atoms with Gasteiger partial charge in [-0.05, 0) is 53.8 Å². The number of halogens is 1. The van der Waals surface area contributed by atoms with Crippen LogP contribution in [-0.4, -0.2) is 7.05 Å². The highest BCUT2D eigenvalue weighted by Crippen LogP contribution is 2.28. The quantitative estimate of drug-likeness (QED) is 0.816. The molecule has 2 aromatic rings. The van der Waals surface area contributed by atoms with Gasteiger partial charge in [-0.3, -0.25) is 0 Å². The van der Waals surface area contributed by atoms with Crippen molar-refractivity contribution in [1.29, 1.82) is 0 Å². The van der Waals surface area contributed by atoms with E-state index in [-0.39, 0.29) is 11.5 Å². The SMILES string of the molecule is CNC(c1ccc(C(C)(C)C)cc1)c1cc(C)cc(Cl)c1. The molecule has 0 radical (unpaired) electrons. The number of aryl methyl sites for hydroxylation is 1. The smallest absolute Gasteiger partial charge is 0.0574 e. The molecule has 1 N–H and O–H groups in total. The molecule has 0 aliphatic heterocycles. The first-order valence-electron chi connectivity index (χ1n) is 7.36. The molecule has 2 aromatic carbocycles. The average Bonchev–Trinajstić information content (AvgIpc) is 2.38. The van der Waals surface area contributed by atoms with E-state index in [4.69, 9.17) is 11.6 Å². The highest BCUT2D eigenvalue weighted by molar-refractivity contribution is 6.30. The first-order chi connectivity index (χ1) is 9.81. The van der Waals surface area contributed by atoms with Crippen LogP contribution >= 0.6 is 11.6 Å². The van der Waals surface area contributed by atoms with Crippen LogP contribution in [0, 0.1) is 6.92 Å². The van der Waals surface area contributed by atoms with Gasteiger partial charge in [-0.1, -0.05) is 62.7 Å². The zero-order valence-electron chi connectivity index (χ0n) is 13.5. The van der Waals surface area contributed by atoms with Gasteiger partial charge in [0.15, 0.2) is 0 Å². The van der Waals surface area contributed by atoms with Crippen LogP contribution in [-0.2, 0) is 5.41 Å². The monoisotopic (exact) mass is 301 g/mol. The fraction of sp³-hybridized carbons (Fsp3) is 0.368. The third-order valence-corrected chi connectivity index (χ3v) is 4.01. The van der Waals surface area contributed by atoms with Crippen molar-refractivity contribution in [3.05, 3.63) is 69.7 Å². The molecule has 2 heteroatoms. The van der Waals surface area contributed by atoms with Crippen LogP contribution in [0.25, 0.3) is 0 Å². The lowest BCUT2D eigenvalue weighted by molar-refractivity contribution is 0.589. The Morgan fingerprint density at radius 2 is 1.57 bits per heavy atom. The van der Waals surface area contributed by atoms with Crippen LogP contribution < -0.4 is 5.32 Å². The minimum Gasteiger partial charge on any atom is -0.309 e. The molecule has 0 bridgehead atoms. The molecular weight excluding hydrogens is 278 g/mol. The first-order valence-corrected chi connectivity index (χ1v) is 7.74. The summed E-state index contributed by atoms with van der Waals surface area (Å²) in [5, 5.41) is 4.18. The highest BCUT2D eigenvalue weighted by atomic mass is 35.5. The van der Waals surface area contributed by atoms with Gasteiger partial charge in [-0.15, -0.1) is 0 Å². The molecule has 1 unspecified atom stereocenters. The fourth-order valence-electron chi connectivity index (χ4n) is 2.63. The van der Waals surface area contributed by atoms with Crippen molar-refractivity contribution in [2.24, 2.45) is 0 Å². The van der Waals surface area contributed by atoms with E-state index in [0.29, 0.717) is 0 Å². The molecule has 0 saturated carbocycles. The van der Waals surface area contributed by atoms with E-state index in [1.165, 1.54) is 22.3 Å². The Morgan fingerprint density at radius 1 is 0.952 bits per heavy atom.